The summed E-state index contributed by atoms with van der Waals surface area (Å²) in [5.74, 6) is -0.968. The zero-order valence-electron chi connectivity index (χ0n) is 13.1. The van der Waals surface area contributed by atoms with E-state index >= 15 is 0 Å². The fourth-order valence-electron chi connectivity index (χ4n) is 2.63. The Hall–Kier alpha value is -1.91. The standard InChI is InChI=1S/C17H23FN2O2/c1-17(2,16(22)19-14-6-4-3-5-7-14)20-15(21)12-8-10-13(18)11-9-12/h8-11,14H,3-7H2,1-2H3,(H,19,22)(H,20,21). The van der Waals surface area contributed by atoms with Gasteiger partial charge in [0.15, 0.2) is 0 Å². The summed E-state index contributed by atoms with van der Waals surface area (Å²) in [6.45, 7) is 3.35. The van der Waals surface area contributed by atoms with E-state index in [4.69, 9.17) is 0 Å². The molecule has 2 amide bonds. The second kappa shape index (κ2) is 6.90. The van der Waals surface area contributed by atoms with Crippen molar-refractivity contribution in [1.29, 1.82) is 0 Å². The number of hydrogen-bond donors (Lipinski definition) is 2. The molecule has 0 atom stereocenters. The van der Waals surface area contributed by atoms with Crippen LogP contribution >= 0.6 is 0 Å². The first-order valence-electron chi connectivity index (χ1n) is 7.77. The Balaban J connectivity index is 1.95. The summed E-state index contributed by atoms with van der Waals surface area (Å²) >= 11 is 0. The lowest BCUT2D eigenvalue weighted by Gasteiger charge is -2.30. The van der Waals surface area contributed by atoms with Crippen LogP contribution in [-0.2, 0) is 4.79 Å². The molecule has 2 rings (SSSR count). The van der Waals surface area contributed by atoms with E-state index in [1.807, 2.05) is 0 Å². The lowest BCUT2D eigenvalue weighted by Crippen LogP contribution is -2.56. The number of hydrogen-bond acceptors (Lipinski definition) is 2. The molecule has 0 saturated heterocycles. The van der Waals surface area contributed by atoms with Crippen molar-refractivity contribution in [3.63, 3.8) is 0 Å². The molecule has 0 aromatic heterocycles. The normalized spacial score (nSPS) is 16.1. The van der Waals surface area contributed by atoms with Crippen molar-refractivity contribution in [1.82, 2.24) is 10.6 Å². The fraction of sp³-hybridized carbons (Fsp3) is 0.529. The van der Waals surface area contributed by atoms with E-state index in [1.54, 1.807) is 13.8 Å². The van der Waals surface area contributed by atoms with Crippen molar-refractivity contribution in [3.8, 4) is 0 Å². The quantitative estimate of drug-likeness (QED) is 0.898. The van der Waals surface area contributed by atoms with Gasteiger partial charge in [-0.15, -0.1) is 0 Å². The number of amides is 2. The summed E-state index contributed by atoms with van der Waals surface area (Å²) in [7, 11) is 0. The number of carbonyl (C=O) groups is 2. The maximum absolute atomic E-state index is 12.9. The molecule has 4 nitrogen and oxygen atoms in total. The molecule has 0 unspecified atom stereocenters. The lowest BCUT2D eigenvalue weighted by atomic mass is 9.94. The molecule has 0 heterocycles. The minimum absolute atomic E-state index is 0.185. The predicted molar refractivity (Wildman–Crippen MR) is 83.0 cm³/mol. The van der Waals surface area contributed by atoms with Crippen molar-refractivity contribution in [2.45, 2.75) is 57.5 Å². The van der Waals surface area contributed by atoms with Crippen LogP contribution in [0.2, 0.25) is 0 Å². The first-order valence-corrected chi connectivity index (χ1v) is 7.77. The third-order valence-electron chi connectivity index (χ3n) is 4.04. The van der Waals surface area contributed by atoms with Crippen LogP contribution in [0.15, 0.2) is 24.3 Å². The Bertz CT molecular complexity index is 534. The molecule has 1 saturated carbocycles. The maximum atomic E-state index is 12.9. The highest BCUT2D eigenvalue weighted by molar-refractivity contribution is 5.98. The Morgan fingerprint density at radius 1 is 1.09 bits per heavy atom. The molecule has 1 aromatic carbocycles. The molecule has 22 heavy (non-hydrogen) atoms. The molecule has 1 fully saturated rings. The number of halogens is 1. The number of carbonyl (C=O) groups excluding carboxylic acids is 2. The van der Waals surface area contributed by atoms with Crippen LogP contribution in [0.3, 0.4) is 0 Å². The smallest absolute Gasteiger partial charge is 0.252 e. The maximum Gasteiger partial charge on any atom is 0.252 e. The lowest BCUT2D eigenvalue weighted by molar-refractivity contribution is -0.127. The van der Waals surface area contributed by atoms with E-state index in [-0.39, 0.29) is 17.9 Å². The van der Waals surface area contributed by atoms with Gasteiger partial charge in [-0.05, 0) is 51.0 Å². The average Bonchev–Trinajstić information content (AvgIpc) is 2.48. The minimum atomic E-state index is -1.01. The Morgan fingerprint density at radius 2 is 1.68 bits per heavy atom. The summed E-state index contributed by atoms with van der Waals surface area (Å²) in [6.07, 6.45) is 5.47. The highest BCUT2D eigenvalue weighted by Crippen LogP contribution is 2.18. The van der Waals surface area contributed by atoms with E-state index in [1.165, 1.54) is 30.7 Å². The van der Waals surface area contributed by atoms with Crippen LogP contribution in [0.5, 0.6) is 0 Å². The zero-order chi connectivity index (χ0) is 16.2. The van der Waals surface area contributed by atoms with Gasteiger partial charge in [-0.2, -0.15) is 0 Å². The molecule has 120 valence electrons. The monoisotopic (exact) mass is 306 g/mol. The molecule has 0 spiro atoms. The molecule has 1 aliphatic carbocycles. The third-order valence-corrected chi connectivity index (χ3v) is 4.04. The van der Waals surface area contributed by atoms with Gasteiger partial charge < -0.3 is 10.6 Å². The Labute approximate surface area is 130 Å². The van der Waals surface area contributed by atoms with E-state index in [0.29, 0.717) is 5.56 Å². The minimum Gasteiger partial charge on any atom is -0.351 e. The number of benzene rings is 1. The summed E-state index contributed by atoms with van der Waals surface area (Å²) in [5.41, 5.74) is -0.678. The van der Waals surface area contributed by atoms with E-state index in [2.05, 4.69) is 10.6 Å². The number of nitrogens with one attached hydrogen (secondary N) is 2. The van der Waals surface area contributed by atoms with Gasteiger partial charge in [0.05, 0.1) is 0 Å². The van der Waals surface area contributed by atoms with E-state index in [0.717, 1.165) is 25.7 Å². The van der Waals surface area contributed by atoms with Crippen LogP contribution in [-0.4, -0.2) is 23.4 Å². The molecular weight excluding hydrogens is 283 g/mol. The summed E-state index contributed by atoms with van der Waals surface area (Å²) in [4.78, 5) is 24.5. The van der Waals surface area contributed by atoms with Crippen LogP contribution in [0.1, 0.15) is 56.3 Å². The van der Waals surface area contributed by atoms with Crippen LogP contribution in [0.4, 0.5) is 4.39 Å². The van der Waals surface area contributed by atoms with Gasteiger partial charge >= 0.3 is 0 Å². The number of rotatable bonds is 4. The van der Waals surface area contributed by atoms with Gasteiger partial charge in [-0.25, -0.2) is 4.39 Å². The fourth-order valence-corrected chi connectivity index (χ4v) is 2.63. The third kappa shape index (κ3) is 4.29. The molecule has 0 radical (unpaired) electrons. The van der Waals surface area contributed by atoms with Gasteiger partial charge in [0, 0.05) is 11.6 Å². The van der Waals surface area contributed by atoms with Gasteiger partial charge in [-0.1, -0.05) is 19.3 Å². The zero-order valence-corrected chi connectivity index (χ0v) is 13.1. The second-order valence-electron chi connectivity index (χ2n) is 6.39. The van der Waals surface area contributed by atoms with Gasteiger partial charge in [0.1, 0.15) is 11.4 Å². The average molecular weight is 306 g/mol. The molecule has 0 aliphatic heterocycles. The van der Waals surface area contributed by atoms with Gasteiger partial charge in [0.2, 0.25) is 5.91 Å². The SMILES string of the molecule is CC(C)(NC(=O)c1ccc(F)cc1)C(=O)NC1CCCCC1. The van der Waals surface area contributed by atoms with E-state index in [9.17, 15) is 14.0 Å². The summed E-state index contributed by atoms with van der Waals surface area (Å²) < 4.78 is 12.9. The topological polar surface area (TPSA) is 58.2 Å². The first kappa shape index (κ1) is 16.5. The van der Waals surface area contributed by atoms with Crippen molar-refractivity contribution in [2.75, 3.05) is 0 Å². The van der Waals surface area contributed by atoms with Crippen LogP contribution in [0, 0.1) is 5.82 Å². The highest BCUT2D eigenvalue weighted by atomic mass is 19.1. The Morgan fingerprint density at radius 3 is 2.27 bits per heavy atom. The molecular formula is C17H23FN2O2. The molecule has 1 aliphatic rings. The van der Waals surface area contributed by atoms with E-state index < -0.39 is 11.4 Å². The van der Waals surface area contributed by atoms with Crippen molar-refractivity contribution in [2.24, 2.45) is 0 Å². The molecule has 0 bridgehead atoms. The molecule has 2 N–H and O–H groups in total. The highest BCUT2D eigenvalue weighted by Gasteiger charge is 2.31. The summed E-state index contributed by atoms with van der Waals surface area (Å²) in [5, 5.41) is 5.72. The largest absolute Gasteiger partial charge is 0.351 e. The first-order chi connectivity index (χ1) is 10.4. The van der Waals surface area contributed by atoms with Crippen LogP contribution < -0.4 is 10.6 Å². The second-order valence-corrected chi connectivity index (χ2v) is 6.39. The Kier molecular flexibility index (Phi) is 5.16. The van der Waals surface area contributed by atoms with Crippen molar-refractivity contribution in [3.05, 3.63) is 35.6 Å². The van der Waals surface area contributed by atoms with Crippen molar-refractivity contribution < 1.29 is 14.0 Å². The molecule has 1 aromatic rings. The van der Waals surface area contributed by atoms with Gasteiger partial charge in [-0.3, -0.25) is 9.59 Å². The van der Waals surface area contributed by atoms with Crippen molar-refractivity contribution >= 4 is 11.8 Å². The molecule has 5 heteroatoms. The van der Waals surface area contributed by atoms with Crippen LogP contribution in [0.25, 0.3) is 0 Å². The van der Waals surface area contributed by atoms with Gasteiger partial charge in [0.25, 0.3) is 5.91 Å². The summed E-state index contributed by atoms with van der Waals surface area (Å²) in [6, 6.07) is 5.45. The predicted octanol–water partition coefficient (Wildman–Crippen LogP) is 2.78.